The van der Waals surface area contributed by atoms with Crippen LogP contribution in [0.25, 0.3) is 0 Å². The molecule has 0 saturated carbocycles. The molecule has 0 aliphatic rings. The number of carbonyl (C=O) groups excluding carboxylic acids is 1. The maximum Gasteiger partial charge on any atom is 0.417 e. The van der Waals surface area contributed by atoms with E-state index in [2.05, 4.69) is 0 Å². The lowest BCUT2D eigenvalue weighted by atomic mass is 10.0. The molecule has 3 rings (SSSR count). The van der Waals surface area contributed by atoms with Crippen LogP contribution in [0, 0.1) is 0 Å². The van der Waals surface area contributed by atoms with Crippen LogP contribution in [0.1, 0.15) is 15.9 Å². The highest BCUT2D eigenvalue weighted by molar-refractivity contribution is 6.11. The quantitative estimate of drug-likeness (QED) is 0.550. The minimum Gasteiger partial charge on any atom is -0.497 e. The zero-order valence-corrected chi connectivity index (χ0v) is 15.7. The Balaban J connectivity index is 2.13. The SMILES string of the molecule is COc1ccc(N(C(=O)c2ccccc2C(F)(F)F)c2ccc(OC)cc2)cc1. The number of anilines is 2. The Hall–Kier alpha value is -3.48. The molecule has 0 fully saturated rings. The Kier molecular flexibility index (Phi) is 5.77. The number of rotatable bonds is 5. The van der Waals surface area contributed by atoms with Crippen LogP contribution < -0.4 is 14.4 Å². The van der Waals surface area contributed by atoms with E-state index in [1.165, 1.54) is 37.3 Å². The summed E-state index contributed by atoms with van der Waals surface area (Å²) in [6.07, 6.45) is -4.66. The van der Waals surface area contributed by atoms with E-state index >= 15 is 0 Å². The summed E-state index contributed by atoms with van der Waals surface area (Å²) in [4.78, 5) is 14.5. The van der Waals surface area contributed by atoms with Gasteiger partial charge in [-0.1, -0.05) is 12.1 Å². The number of hydrogen-bond donors (Lipinski definition) is 0. The molecule has 0 aliphatic heterocycles. The van der Waals surface area contributed by atoms with Gasteiger partial charge in [0, 0.05) is 11.4 Å². The van der Waals surface area contributed by atoms with Crippen LogP contribution in [0.2, 0.25) is 0 Å². The van der Waals surface area contributed by atoms with E-state index in [-0.39, 0.29) is 0 Å². The predicted molar refractivity (Wildman–Crippen MR) is 104 cm³/mol. The standard InChI is InChI=1S/C22H18F3NO3/c1-28-17-11-7-15(8-12-17)26(16-9-13-18(29-2)14-10-16)21(27)19-5-3-4-6-20(19)22(23,24)25/h3-14H,1-2H3. The van der Waals surface area contributed by atoms with E-state index in [4.69, 9.17) is 9.47 Å². The number of amides is 1. The van der Waals surface area contributed by atoms with E-state index in [9.17, 15) is 18.0 Å². The molecule has 7 heteroatoms. The summed E-state index contributed by atoms with van der Waals surface area (Å²) in [5, 5.41) is 0. The van der Waals surface area contributed by atoms with Gasteiger partial charge in [-0.15, -0.1) is 0 Å². The third kappa shape index (κ3) is 4.34. The Bertz CT molecular complexity index is 936. The molecule has 0 bridgehead atoms. The van der Waals surface area contributed by atoms with Crippen molar-refractivity contribution in [2.45, 2.75) is 6.18 Å². The van der Waals surface area contributed by atoms with Crippen molar-refractivity contribution in [1.82, 2.24) is 0 Å². The highest BCUT2D eigenvalue weighted by Gasteiger charge is 2.36. The van der Waals surface area contributed by atoms with Gasteiger partial charge in [-0.05, 0) is 60.7 Å². The molecule has 0 spiro atoms. The normalized spacial score (nSPS) is 11.1. The third-order valence-electron chi connectivity index (χ3n) is 4.33. The lowest BCUT2D eigenvalue weighted by Gasteiger charge is -2.25. The molecule has 3 aromatic carbocycles. The van der Waals surface area contributed by atoms with Crippen molar-refractivity contribution in [3.63, 3.8) is 0 Å². The predicted octanol–water partition coefficient (Wildman–Crippen LogP) is 5.70. The monoisotopic (exact) mass is 401 g/mol. The molecule has 0 aromatic heterocycles. The van der Waals surface area contributed by atoms with Crippen molar-refractivity contribution in [3.8, 4) is 11.5 Å². The van der Waals surface area contributed by atoms with Gasteiger partial charge in [0.2, 0.25) is 0 Å². The van der Waals surface area contributed by atoms with Crippen molar-refractivity contribution in [2.24, 2.45) is 0 Å². The van der Waals surface area contributed by atoms with E-state index < -0.39 is 23.2 Å². The molecule has 0 N–H and O–H groups in total. The topological polar surface area (TPSA) is 38.8 Å². The highest BCUT2D eigenvalue weighted by atomic mass is 19.4. The number of nitrogens with zero attached hydrogens (tertiary/aromatic N) is 1. The minimum atomic E-state index is -4.66. The number of alkyl halides is 3. The third-order valence-corrected chi connectivity index (χ3v) is 4.33. The first-order chi connectivity index (χ1) is 13.8. The van der Waals surface area contributed by atoms with Crippen LogP contribution in [0.3, 0.4) is 0 Å². The number of hydrogen-bond acceptors (Lipinski definition) is 3. The summed E-state index contributed by atoms with van der Waals surface area (Å²) < 4.78 is 50.7. The van der Waals surface area contributed by atoms with E-state index in [0.29, 0.717) is 22.9 Å². The number of methoxy groups -OCH3 is 2. The van der Waals surface area contributed by atoms with Gasteiger partial charge in [0.1, 0.15) is 11.5 Å². The molecule has 0 unspecified atom stereocenters. The largest absolute Gasteiger partial charge is 0.497 e. The second-order valence-electron chi connectivity index (χ2n) is 6.08. The van der Waals surface area contributed by atoms with Crippen LogP contribution in [0.5, 0.6) is 11.5 Å². The Morgan fingerprint density at radius 3 is 1.62 bits per heavy atom. The molecule has 0 heterocycles. The van der Waals surface area contributed by atoms with E-state index in [0.717, 1.165) is 6.07 Å². The van der Waals surface area contributed by atoms with Crippen LogP contribution in [0.15, 0.2) is 72.8 Å². The summed E-state index contributed by atoms with van der Waals surface area (Å²) in [6, 6.07) is 17.7. The fraction of sp³-hybridized carbons (Fsp3) is 0.136. The molecular formula is C22H18F3NO3. The maximum absolute atomic E-state index is 13.5. The van der Waals surface area contributed by atoms with Gasteiger partial charge in [0.25, 0.3) is 5.91 Å². The zero-order chi connectivity index (χ0) is 21.0. The van der Waals surface area contributed by atoms with E-state index in [1.807, 2.05) is 0 Å². The first-order valence-corrected chi connectivity index (χ1v) is 8.64. The first-order valence-electron chi connectivity index (χ1n) is 8.64. The van der Waals surface area contributed by atoms with Crippen LogP contribution >= 0.6 is 0 Å². The van der Waals surface area contributed by atoms with Crippen molar-refractivity contribution in [3.05, 3.63) is 83.9 Å². The van der Waals surface area contributed by atoms with Gasteiger partial charge >= 0.3 is 6.18 Å². The molecule has 29 heavy (non-hydrogen) atoms. The molecular weight excluding hydrogens is 383 g/mol. The molecule has 0 atom stereocenters. The van der Waals surface area contributed by atoms with Crippen molar-refractivity contribution in [2.75, 3.05) is 19.1 Å². The summed E-state index contributed by atoms with van der Waals surface area (Å²) in [6.45, 7) is 0. The van der Waals surface area contributed by atoms with Gasteiger partial charge in [0.15, 0.2) is 0 Å². The summed E-state index contributed by atoms with van der Waals surface area (Å²) in [5.41, 5.74) is -0.625. The van der Waals surface area contributed by atoms with Crippen LogP contribution in [0.4, 0.5) is 24.5 Å². The van der Waals surface area contributed by atoms with Gasteiger partial charge in [-0.2, -0.15) is 13.2 Å². The smallest absolute Gasteiger partial charge is 0.417 e. The highest BCUT2D eigenvalue weighted by Crippen LogP contribution is 2.35. The Labute approximate surface area is 166 Å². The second kappa shape index (κ2) is 8.26. The molecule has 3 aromatic rings. The van der Waals surface area contributed by atoms with Crippen molar-refractivity contribution >= 4 is 17.3 Å². The minimum absolute atomic E-state index is 0.401. The fourth-order valence-electron chi connectivity index (χ4n) is 2.88. The van der Waals surface area contributed by atoms with Gasteiger partial charge in [0.05, 0.1) is 25.3 Å². The molecule has 0 aliphatic carbocycles. The molecule has 1 amide bonds. The fourth-order valence-corrected chi connectivity index (χ4v) is 2.88. The summed E-state index contributed by atoms with van der Waals surface area (Å²) in [5.74, 6) is 0.325. The second-order valence-corrected chi connectivity index (χ2v) is 6.08. The summed E-state index contributed by atoms with van der Waals surface area (Å²) >= 11 is 0. The van der Waals surface area contributed by atoms with Gasteiger partial charge in [-0.25, -0.2) is 0 Å². The number of ether oxygens (including phenoxy) is 2. The van der Waals surface area contributed by atoms with Crippen molar-refractivity contribution < 1.29 is 27.4 Å². The van der Waals surface area contributed by atoms with Crippen LogP contribution in [-0.4, -0.2) is 20.1 Å². The van der Waals surface area contributed by atoms with Gasteiger partial charge < -0.3 is 9.47 Å². The average molecular weight is 401 g/mol. The number of carbonyl (C=O) groups is 1. The lowest BCUT2D eigenvalue weighted by molar-refractivity contribution is -0.137. The maximum atomic E-state index is 13.5. The zero-order valence-electron chi connectivity index (χ0n) is 15.7. The first kappa shape index (κ1) is 20.3. The molecule has 0 radical (unpaired) electrons. The van der Waals surface area contributed by atoms with E-state index in [1.54, 1.807) is 48.5 Å². The molecule has 150 valence electrons. The average Bonchev–Trinajstić information content (AvgIpc) is 2.74. The Morgan fingerprint density at radius 1 is 0.759 bits per heavy atom. The number of halogens is 3. The van der Waals surface area contributed by atoms with Crippen molar-refractivity contribution in [1.29, 1.82) is 0 Å². The van der Waals surface area contributed by atoms with Gasteiger partial charge in [-0.3, -0.25) is 9.69 Å². The molecule has 4 nitrogen and oxygen atoms in total. The summed E-state index contributed by atoms with van der Waals surface area (Å²) in [7, 11) is 3.00. The number of benzene rings is 3. The Morgan fingerprint density at radius 2 is 1.21 bits per heavy atom. The van der Waals surface area contributed by atoms with Crippen LogP contribution in [-0.2, 0) is 6.18 Å². The lowest BCUT2D eigenvalue weighted by Crippen LogP contribution is -2.28. The molecule has 0 saturated heterocycles.